The lowest BCUT2D eigenvalue weighted by Crippen LogP contribution is -2.12. The Balaban J connectivity index is 1.23. The average molecular weight is 672 g/mol. The summed E-state index contributed by atoms with van der Waals surface area (Å²) in [6, 6.07) is 65.7. The van der Waals surface area contributed by atoms with Crippen LogP contribution in [0, 0.1) is 0 Å². The minimum Gasteiger partial charge on any atom is -0.456 e. The van der Waals surface area contributed by atoms with Crippen molar-refractivity contribution >= 4 is 61.5 Å². The van der Waals surface area contributed by atoms with E-state index in [-0.39, 0.29) is 0 Å². The third-order valence-electron chi connectivity index (χ3n) is 10.2. The smallest absolute Gasteiger partial charge is 0.137 e. The maximum Gasteiger partial charge on any atom is 0.137 e. The van der Waals surface area contributed by atoms with Gasteiger partial charge in [0.15, 0.2) is 0 Å². The molecule has 2 nitrogen and oxygen atoms in total. The second-order valence-electron chi connectivity index (χ2n) is 13.2. The van der Waals surface area contributed by atoms with Crippen molar-refractivity contribution in [3.63, 3.8) is 0 Å². The molecule has 8 aromatic carbocycles. The highest BCUT2D eigenvalue weighted by Crippen LogP contribution is 2.57. The van der Waals surface area contributed by atoms with Gasteiger partial charge in [-0.15, -0.1) is 11.8 Å². The van der Waals surface area contributed by atoms with Crippen molar-refractivity contribution in [2.75, 3.05) is 4.90 Å². The lowest BCUT2D eigenvalue weighted by atomic mass is 9.97. The Kier molecular flexibility index (Phi) is 7.25. The number of para-hydroxylation sites is 1. The first-order valence-corrected chi connectivity index (χ1v) is 18.4. The minimum absolute atomic E-state index is 0.321. The molecule has 2 heterocycles. The standard InChI is InChI=1S/C48H33NOS/c1-3-13-32(14-4-1)33-25-27-38(28-26-33)49(39-20-11-19-36(29-39)41-23-12-18-34-15-7-8-21-40(34)41)47-46-42-22-9-10-24-43(42)50-44(46)30-37-31-45(51-48(37)47)35-16-5-2-6-17-35/h1-30,45H,31H2. The number of benzene rings is 8. The first-order chi connectivity index (χ1) is 25.3. The Morgan fingerprint density at radius 3 is 2.02 bits per heavy atom. The second kappa shape index (κ2) is 12.4. The molecular weight excluding hydrogens is 639 g/mol. The van der Waals surface area contributed by atoms with E-state index in [2.05, 4.69) is 187 Å². The Labute approximate surface area is 301 Å². The van der Waals surface area contributed by atoms with Crippen LogP contribution in [-0.2, 0) is 6.42 Å². The van der Waals surface area contributed by atoms with E-state index < -0.39 is 0 Å². The summed E-state index contributed by atoms with van der Waals surface area (Å²) in [5, 5.41) is 5.09. The first kappa shape index (κ1) is 29.8. The van der Waals surface area contributed by atoms with Gasteiger partial charge in [-0.2, -0.15) is 0 Å². The molecular formula is C48H33NOS. The summed E-state index contributed by atoms with van der Waals surface area (Å²) < 4.78 is 6.66. The molecule has 1 aliphatic rings. The van der Waals surface area contributed by atoms with Gasteiger partial charge in [0, 0.05) is 26.9 Å². The molecule has 0 fully saturated rings. The van der Waals surface area contributed by atoms with Gasteiger partial charge in [0.2, 0.25) is 0 Å². The molecule has 0 saturated carbocycles. The number of hydrogen-bond acceptors (Lipinski definition) is 3. The molecule has 242 valence electrons. The molecule has 10 rings (SSSR count). The van der Waals surface area contributed by atoms with E-state index in [1.807, 2.05) is 11.8 Å². The van der Waals surface area contributed by atoms with Gasteiger partial charge in [0.05, 0.1) is 11.1 Å². The van der Waals surface area contributed by atoms with Crippen molar-refractivity contribution in [3.8, 4) is 22.3 Å². The van der Waals surface area contributed by atoms with Crippen molar-refractivity contribution in [1.29, 1.82) is 0 Å². The van der Waals surface area contributed by atoms with Crippen molar-refractivity contribution < 1.29 is 4.42 Å². The predicted molar refractivity (Wildman–Crippen MR) is 216 cm³/mol. The number of fused-ring (bicyclic) bond motifs is 5. The molecule has 0 aliphatic carbocycles. The fourth-order valence-corrected chi connectivity index (χ4v) is 9.20. The summed E-state index contributed by atoms with van der Waals surface area (Å²) in [4.78, 5) is 3.79. The van der Waals surface area contributed by atoms with E-state index in [1.165, 1.54) is 54.7 Å². The molecule has 0 bridgehead atoms. The molecule has 9 aromatic rings. The number of nitrogens with zero attached hydrogens (tertiary/aromatic N) is 1. The van der Waals surface area contributed by atoms with Crippen LogP contribution < -0.4 is 4.90 Å². The fraction of sp³-hybridized carbons (Fsp3) is 0.0417. The summed E-state index contributed by atoms with van der Waals surface area (Å²) in [7, 11) is 0. The lowest BCUT2D eigenvalue weighted by Gasteiger charge is -2.29. The molecule has 0 N–H and O–H groups in total. The van der Waals surface area contributed by atoms with E-state index >= 15 is 0 Å². The Bertz CT molecular complexity index is 2690. The largest absolute Gasteiger partial charge is 0.456 e. The van der Waals surface area contributed by atoms with E-state index in [0.717, 1.165) is 39.7 Å². The third kappa shape index (κ3) is 5.21. The Morgan fingerprint density at radius 1 is 0.510 bits per heavy atom. The summed E-state index contributed by atoms with van der Waals surface area (Å²) in [5.41, 5.74) is 12.7. The van der Waals surface area contributed by atoms with Gasteiger partial charge in [-0.05, 0) is 87.0 Å². The third-order valence-corrected chi connectivity index (χ3v) is 11.6. The van der Waals surface area contributed by atoms with Crippen molar-refractivity contribution in [2.45, 2.75) is 16.6 Å². The minimum atomic E-state index is 0.321. The molecule has 0 radical (unpaired) electrons. The second-order valence-corrected chi connectivity index (χ2v) is 14.4. The van der Waals surface area contributed by atoms with Gasteiger partial charge in [0.1, 0.15) is 11.2 Å². The lowest BCUT2D eigenvalue weighted by molar-refractivity contribution is 0.668. The predicted octanol–water partition coefficient (Wildman–Crippen LogP) is 13.9. The molecule has 0 spiro atoms. The number of hydrogen-bond donors (Lipinski definition) is 0. The van der Waals surface area contributed by atoms with Gasteiger partial charge >= 0.3 is 0 Å². The van der Waals surface area contributed by atoms with Crippen molar-refractivity contribution in [3.05, 3.63) is 193 Å². The van der Waals surface area contributed by atoms with Crippen LogP contribution in [0.1, 0.15) is 16.4 Å². The highest BCUT2D eigenvalue weighted by atomic mass is 32.2. The van der Waals surface area contributed by atoms with Gasteiger partial charge in [-0.1, -0.05) is 146 Å². The monoisotopic (exact) mass is 671 g/mol. The molecule has 51 heavy (non-hydrogen) atoms. The zero-order valence-electron chi connectivity index (χ0n) is 27.9. The Hall–Kier alpha value is -6.03. The molecule has 3 heteroatoms. The quantitative estimate of drug-likeness (QED) is 0.175. The van der Waals surface area contributed by atoms with E-state index in [9.17, 15) is 0 Å². The first-order valence-electron chi connectivity index (χ1n) is 17.5. The van der Waals surface area contributed by atoms with E-state index in [0.29, 0.717) is 5.25 Å². The van der Waals surface area contributed by atoms with Crippen LogP contribution in [0.5, 0.6) is 0 Å². The molecule has 1 aliphatic heterocycles. The number of rotatable bonds is 6. The van der Waals surface area contributed by atoms with Gasteiger partial charge in [-0.25, -0.2) is 0 Å². The zero-order valence-corrected chi connectivity index (χ0v) is 28.7. The maximum absolute atomic E-state index is 6.66. The molecule has 1 aromatic heterocycles. The summed E-state index contributed by atoms with van der Waals surface area (Å²) >= 11 is 1.98. The van der Waals surface area contributed by atoms with E-state index in [4.69, 9.17) is 4.42 Å². The van der Waals surface area contributed by atoms with Crippen LogP contribution in [0.3, 0.4) is 0 Å². The summed E-state index contributed by atoms with van der Waals surface area (Å²) in [6.45, 7) is 0. The van der Waals surface area contributed by atoms with E-state index in [1.54, 1.807) is 0 Å². The fourth-order valence-electron chi connectivity index (χ4n) is 7.76. The van der Waals surface area contributed by atoms with Crippen LogP contribution in [0.4, 0.5) is 17.1 Å². The van der Waals surface area contributed by atoms with Gasteiger partial charge in [0.25, 0.3) is 0 Å². The average Bonchev–Trinajstić information content (AvgIpc) is 3.80. The van der Waals surface area contributed by atoms with Gasteiger partial charge in [-0.3, -0.25) is 0 Å². The Morgan fingerprint density at radius 2 is 1.18 bits per heavy atom. The normalized spacial score (nSPS) is 13.9. The van der Waals surface area contributed by atoms with Crippen LogP contribution in [0.25, 0.3) is 55.0 Å². The highest BCUT2D eigenvalue weighted by Gasteiger charge is 2.32. The van der Waals surface area contributed by atoms with Crippen LogP contribution in [0.2, 0.25) is 0 Å². The zero-order chi connectivity index (χ0) is 33.7. The molecule has 0 amide bonds. The molecule has 1 atom stereocenters. The topological polar surface area (TPSA) is 16.4 Å². The van der Waals surface area contributed by atoms with Crippen molar-refractivity contribution in [2.24, 2.45) is 0 Å². The molecule has 0 saturated heterocycles. The summed E-state index contributed by atoms with van der Waals surface area (Å²) in [5.74, 6) is 0. The van der Waals surface area contributed by atoms with Crippen LogP contribution in [-0.4, -0.2) is 0 Å². The van der Waals surface area contributed by atoms with Gasteiger partial charge < -0.3 is 9.32 Å². The number of thioether (sulfide) groups is 1. The van der Waals surface area contributed by atoms with Crippen LogP contribution in [0.15, 0.2) is 191 Å². The molecule has 1 unspecified atom stereocenters. The van der Waals surface area contributed by atoms with Crippen LogP contribution >= 0.6 is 11.8 Å². The van der Waals surface area contributed by atoms with Crippen molar-refractivity contribution in [1.82, 2.24) is 0 Å². The number of anilines is 3. The summed E-state index contributed by atoms with van der Waals surface area (Å²) in [6.07, 6.45) is 0.945. The highest BCUT2D eigenvalue weighted by molar-refractivity contribution is 8.00. The SMILES string of the molecule is c1ccc(-c2ccc(N(c3cccc(-c4cccc5ccccc45)c3)c3c4c(cc5oc6ccccc6c35)CC(c3ccccc3)S4)cc2)cc1. The maximum atomic E-state index is 6.66. The number of furan rings is 1.